The number of hydrogen-bond donors (Lipinski definition) is 0. The maximum absolute atomic E-state index is 2.37. The highest BCUT2D eigenvalue weighted by atomic mass is 15.1. The van der Waals surface area contributed by atoms with Gasteiger partial charge in [0.15, 0.2) is 0 Å². The molecule has 0 amide bonds. The molecule has 3 nitrogen and oxygen atoms in total. The molecule has 0 N–H and O–H groups in total. The second-order valence-electron chi connectivity index (χ2n) is 13.5. The van der Waals surface area contributed by atoms with Gasteiger partial charge in [-0.2, -0.15) is 0 Å². The molecule has 0 aliphatic heterocycles. The number of anilines is 3. The third kappa shape index (κ3) is 4.82. The van der Waals surface area contributed by atoms with Crippen LogP contribution in [-0.2, 0) is 0 Å². The van der Waals surface area contributed by atoms with Gasteiger partial charge in [0.2, 0.25) is 0 Å². The van der Waals surface area contributed by atoms with Crippen molar-refractivity contribution in [2.45, 2.75) is 6.92 Å². The molecule has 0 bridgehead atoms. The Morgan fingerprint density at radius 2 is 0.808 bits per heavy atom. The number of aryl methyl sites for hydroxylation is 1. The average molecular weight is 666 g/mol. The molecular formula is C49H35N3. The number of nitrogens with zero attached hydrogens (tertiary/aromatic N) is 3. The molecule has 52 heavy (non-hydrogen) atoms. The first kappa shape index (κ1) is 30.0. The van der Waals surface area contributed by atoms with Crippen LogP contribution < -0.4 is 4.90 Å². The highest BCUT2D eigenvalue weighted by Crippen LogP contribution is 2.40. The maximum Gasteiger partial charge on any atom is 0.0541 e. The Labute approximate surface area is 302 Å². The van der Waals surface area contributed by atoms with Crippen LogP contribution in [0.25, 0.3) is 66.1 Å². The number of aromatic nitrogens is 2. The van der Waals surface area contributed by atoms with E-state index < -0.39 is 0 Å². The molecule has 2 heterocycles. The first-order valence-electron chi connectivity index (χ1n) is 17.9. The van der Waals surface area contributed by atoms with Crippen molar-refractivity contribution < 1.29 is 0 Å². The molecule has 0 saturated heterocycles. The quantitative estimate of drug-likeness (QED) is 0.172. The molecule has 3 heteroatoms. The number of hydrogen-bond acceptors (Lipinski definition) is 1. The predicted octanol–water partition coefficient (Wildman–Crippen LogP) is 13.3. The fraction of sp³-hybridized carbons (Fsp3) is 0.0204. The zero-order valence-corrected chi connectivity index (χ0v) is 28.8. The minimum atomic E-state index is 1.11. The van der Waals surface area contributed by atoms with Gasteiger partial charge in [0.25, 0.3) is 0 Å². The summed E-state index contributed by atoms with van der Waals surface area (Å²) in [5.41, 5.74) is 14.2. The SMILES string of the molecule is Cc1cc(N(c2ccccc2)c2ccc(-n3c4ccccc4c4ccccc43)cc2)ccc1-c1ccc2c(c1)c1ccccc1n2-c1ccccc1. The lowest BCUT2D eigenvalue weighted by atomic mass is 9.97. The highest BCUT2D eigenvalue weighted by Gasteiger charge is 2.18. The summed E-state index contributed by atoms with van der Waals surface area (Å²) >= 11 is 0. The minimum absolute atomic E-state index is 1.11. The van der Waals surface area contributed by atoms with Gasteiger partial charge < -0.3 is 14.0 Å². The Kier molecular flexibility index (Phi) is 7.04. The summed E-state index contributed by atoms with van der Waals surface area (Å²) in [6, 6.07) is 70.1. The summed E-state index contributed by atoms with van der Waals surface area (Å²) in [5, 5.41) is 5.06. The Bertz CT molecular complexity index is 2840. The van der Waals surface area contributed by atoms with E-state index in [0.717, 1.165) is 22.7 Å². The molecule has 0 atom stereocenters. The van der Waals surface area contributed by atoms with E-state index in [1.165, 1.54) is 66.0 Å². The van der Waals surface area contributed by atoms with Crippen molar-refractivity contribution in [1.29, 1.82) is 0 Å². The van der Waals surface area contributed by atoms with Crippen molar-refractivity contribution in [3.05, 3.63) is 200 Å². The molecule has 0 aliphatic rings. The normalized spacial score (nSPS) is 11.6. The average Bonchev–Trinajstić information content (AvgIpc) is 3.72. The van der Waals surface area contributed by atoms with Crippen LogP contribution in [0, 0.1) is 6.92 Å². The lowest BCUT2D eigenvalue weighted by Crippen LogP contribution is -2.10. The van der Waals surface area contributed by atoms with Crippen LogP contribution in [0.1, 0.15) is 5.56 Å². The van der Waals surface area contributed by atoms with Crippen LogP contribution in [0.4, 0.5) is 17.1 Å². The molecule has 246 valence electrons. The Morgan fingerprint density at radius 1 is 0.346 bits per heavy atom. The number of benzene rings is 8. The highest BCUT2D eigenvalue weighted by molar-refractivity contribution is 6.11. The van der Waals surface area contributed by atoms with Gasteiger partial charge in [-0.25, -0.2) is 0 Å². The van der Waals surface area contributed by atoms with Crippen LogP contribution in [0.2, 0.25) is 0 Å². The van der Waals surface area contributed by atoms with Crippen molar-refractivity contribution in [2.75, 3.05) is 4.90 Å². The van der Waals surface area contributed by atoms with E-state index in [-0.39, 0.29) is 0 Å². The lowest BCUT2D eigenvalue weighted by Gasteiger charge is -2.26. The number of rotatable bonds is 6. The zero-order valence-electron chi connectivity index (χ0n) is 28.8. The summed E-state index contributed by atoms with van der Waals surface area (Å²) in [7, 11) is 0. The summed E-state index contributed by atoms with van der Waals surface area (Å²) < 4.78 is 4.74. The summed E-state index contributed by atoms with van der Waals surface area (Å²) in [4.78, 5) is 2.35. The summed E-state index contributed by atoms with van der Waals surface area (Å²) in [6.07, 6.45) is 0. The van der Waals surface area contributed by atoms with Crippen LogP contribution in [-0.4, -0.2) is 9.13 Å². The van der Waals surface area contributed by atoms with Gasteiger partial charge in [0.1, 0.15) is 0 Å². The van der Waals surface area contributed by atoms with Gasteiger partial charge in [-0.1, -0.05) is 103 Å². The first-order chi connectivity index (χ1) is 25.7. The summed E-state index contributed by atoms with van der Waals surface area (Å²) in [6.45, 7) is 2.23. The van der Waals surface area contributed by atoms with Crippen molar-refractivity contribution in [1.82, 2.24) is 9.13 Å². The zero-order chi connectivity index (χ0) is 34.6. The van der Waals surface area contributed by atoms with Gasteiger partial charge in [0, 0.05) is 50.0 Å². The van der Waals surface area contributed by atoms with Crippen LogP contribution in [0.3, 0.4) is 0 Å². The molecule has 0 fully saturated rings. The molecule has 0 aliphatic carbocycles. The van der Waals surface area contributed by atoms with E-state index in [4.69, 9.17) is 0 Å². The number of fused-ring (bicyclic) bond motifs is 6. The second-order valence-corrected chi connectivity index (χ2v) is 13.5. The van der Waals surface area contributed by atoms with Crippen LogP contribution in [0.5, 0.6) is 0 Å². The van der Waals surface area contributed by atoms with Crippen molar-refractivity contribution in [3.8, 4) is 22.5 Å². The standard InChI is InChI=1S/C49H35N3/c1-34-32-40(29-30-41(34)35-24-31-49-45(33-35)44-20-10-13-23-48(44)51(49)37-16-6-3-7-17-37)50(36-14-4-2-5-15-36)38-25-27-39(28-26-38)52-46-21-11-8-18-42(46)43-19-9-12-22-47(43)52/h2-33H,1H3. The smallest absolute Gasteiger partial charge is 0.0541 e. The largest absolute Gasteiger partial charge is 0.310 e. The predicted molar refractivity (Wildman–Crippen MR) is 220 cm³/mol. The number of para-hydroxylation sites is 5. The van der Waals surface area contributed by atoms with Gasteiger partial charge in [-0.3, -0.25) is 0 Å². The molecule has 10 rings (SSSR count). The topological polar surface area (TPSA) is 13.1 Å². The van der Waals surface area contributed by atoms with E-state index in [1.807, 2.05) is 0 Å². The van der Waals surface area contributed by atoms with Gasteiger partial charge in [-0.15, -0.1) is 0 Å². The van der Waals surface area contributed by atoms with E-state index in [0.29, 0.717) is 0 Å². The Morgan fingerprint density at radius 3 is 1.40 bits per heavy atom. The van der Waals surface area contributed by atoms with Crippen molar-refractivity contribution >= 4 is 60.7 Å². The Hall–Kier alpha value is -6.84. The molecule has 10 aromatic rings. The Balaban J connectivity index is 1.06. The maximum atomic E-state index is 2.37. The van der Waals surface area contributed by atoms with E-state index >= 15 is 0 Å². The molecule has 0 saturated carbocycles. The van der Waals surface area contributed by atoms with Gasteiger partial charge >= 0.3 is 0 Å². The molecule has 0 unspecified atom stereocenters. The lowest BCUT2D eigenvalue weighted by molar-refractivity contribution is 1.17. The molecule has 8 aromatic carbocycles. The van der Waals surface area contributed by atoms with Crippen molar-refractivity contribution in [3.63, 3.8) is 0 Å². The third-order valence-corrected chi connectivity index (χ3v) is 10.4. The first-order valence-corrected chi connectivity index (χ1v) is 17.9. The fourth-order valence-corrected chi connectivity index (χ4v) is 8.08. The second kappa shape index (κ2) is 12.2. The third-order valence-electron chi connectivity index (χ3n) is 10.4. The van der Waals surface area contributed by atoms with Gasteiger partial charge in [0.05, 0.1) is 22.1 Å². The van der Waals surface area contributed by atoms with E-state index in [2.05, 4.69) is 215 Å². The summed E-state index contributed by atoms with van der Waals surface area (Å²) in [5.74, 6) is 0. The minimum Gasteiger partial charge on any atom is -0.310 e. The monoisotopic (exact) mass is 665 g/mol. The molecule has 0 radical (unpaired) electrons. The van der Waals surface area contributed by atoms with E-state index in [1.54, 1.807) is 0 Å². The van der Waals surface area contributed by atoms with Crippen molar-refractivity contribution in [2.24, 2.45) is 0 Å². The molecular weight excluding hydrogens is 631 g/mol. The molecule has 2 aromatic heterocycles. The van der Waals surface area contributed by atoms with Crippen LogP contribution >= 0.6 is 0 Å². The van der Waals surface area contributed by atoms with Crippen LogP contribution in [0.15, 0.2) is 194 Å². The van der Waals surface area contributed by atoms with Gasteiger partial charge in [-0.05, 0) is 115 Å². The van der Waals surface area contributed by atoms with E-state index in [9.17, 15) is 0 Å². The fourth-order valence-electron chi connectivity index (χ4n) is 8.08. The molecule has 0 spiro atoms.